The SMILES string of the molecule is CCCCCCCCCCCCCCCCCCCC(=O)OC[C@H](COP(=O)(O)OCCN(C)C)OC(=O)CCCCCCCCCCCCCCCCCCC. The van der Waals surface area contributed by atoms with Crippen LogP contribution in [0.4, 0.5) is 0 Å². The zero-order valence-corrected chi connectivity index (χ0v) is 39.0. The number of hydrogen-bond acceptors (Lipinski definition) is 8. The van der Waals surface area contributed by atoms with E-state index in [0.29, 0.717) is 13.0 Å². The molecule has 0 amide bonds. The molecule has 1 N–H and O–H groups in total. The summed E-state index contributed by atoms with van der Waals surface area (Å²) in [6.07, 6.45) is 42.9. The van der Waals surface area contributed by atoms with Crippen LogP contribution in [0, 0.1) is 0 Å². The van der Waals surface area contributed by atoms with Crippen LogP contribution in [0.1, 0.15) is 245 Å². The molecule has 0 fully saturated rings. The molecule has 0 aromatic rings. The second-order valence-corrected chi connectivity index (χ2v) is 18.5. The van der Waals surface area contributed by atoms with Crippen LogP contribution in [0.3, 0.4) is 0 Å². The summed E-state index contributed by atoms with van der Waals surface area (Å²) < 4.78 is 33.6. The van der Waals surface area contributed by atoms with E-state index in [4.69, 9.17) is 18.5 Å². The maximum absolute atomic E-state index is 12.7. The van der Waals surface area contributed by atoms with E-state index in [1.807, 2.05) is 19.0 Å². The molecule has 0 saturated heterocycles. The lowest BCUT2D eigenvalue weighted by Gasteiger charge is -2.20. The number of ether oxygens (including phenoxy) is 2. The van der Waals surface area contributed by atoms with E-state index in [-0.39, 0.29) is 25.6 Å². The van der Waals surface area contributed by atoms with Gasteiger partial charge in [-0.1, -0.05) is 219 Å². The Labute approximate surface area is 352 Å². The smallest absolute Gasteiger partial charge is 0.462 e. The Kier molecular flexibility index (Phi) is 42.4. The fraction of sp³-hybridized carbons (Fsp3) is 0.957. The van der Waals surface area contributed by atoms with Crippen molar-refractivity contribution in [1.82, 2.24) is 4.90 Å². The largest absolute Gasteiger partial charge is 0.472 e. The van der Waals surface area contributed by atoms with Crippen LogP contribution in [0.25, 0.3) is 0 Å². The van der Waals surface area contributed by atoms with E-state index in [1.54, 1.807) is 0 Å². The predicted octanol–water partition coefficient (Wildman–Crippen LogP) is 14.2. The van der Waals surface area contributed by atoms with Crippen molar-refractivity contribution in [2.75, 3.05) is 40.5 Å². The van der Waals surface area contributed by atoms with Crippen LogP contribution in [-0.4, -0.2) is 68.3 Å². The van der Waals surface area contributed by atoms with Gasteiger partial charge in [0.2, 0.25) is 0 Å². The summed E-state index contributed by atoms with van der Waals surface area (Å²) in [4.78, 5) is 37.1. The molecule has 340 valence electrons. The lowest BCUT2D eigenvalue weighted by Crippen LogP contribution is -2.29. The van der Waals surface area contributed by atoms with E-state index in [9.17, 15) is 19.0 Å². The Hall–Kier alpha value is -0.990. The third-order valence-corrected chi connectivity index (χ3v) is 11.9. The first-order valence-electron chi connectivity index (χ1n) is 24.3. The minimum Gasteiger partial charge on any atom is -0.462 e. The summed E-state index contributed by atoms with van der Waals surface area (Å²) >= 11 is 0. The van der Waals surface area contributed by atoms with Gasteiger partial charge in [0, 0.05) is 19.4 Å². The molecule has 57 heavy (non-hydrogen) atoms. The van der Waals surface area contributed by atoms with Crippen molar-refractivity contribution in [2.24, 2.45) is 0 Å². The molecular formula is C47H94NO8P. The summed E-state index contributed by atoms with van der Waals surface area (Å²) in [5.74, 6) is -0.783. The van der Waals surface area contributed by atoms with Crippen LogP contribution < -0.4 is 0 Å². The highest BCUT2D eigenvalue weighted by molar-refractivity contribution is 7.47. The van der Waals surface area contributed by atoms with E-state index in [0.717, 1.165) is 38.5 Å². The summed E-state index contributed by atoms with van der Waals surface area (Å²) in [7, 11) is -0.696. The summed E-state index contributed by atoms with van der Waals surface area (Å²) in [6.45, 7) is 4.38. The van der Waals surface area contributed by atoms with E-state index >= 15 is 0 Å². The first-order chi connectivity index (χ1) is 27.7. The highest BCUT2D eigenvalue weighted by Crippen LogP contribution is 2.43. The molecule has 0 rings (SSSR count). The van der Waals surface area contributed by atoms with Gasteiger partial charge in [-0.25, -0.2) is 4.57 Å². The number of hydrogen-bond donors (Lipinski definition) is 1. The fourth-order valence-corrected chi connectivity index (χ4v) is 7.90. The second-order valence-electron chi connectivity index (χ2n) is 17.0. The lowest BCUT2D eigenvalue weighted by atomic mass is 10.0. The van der Waals surface area contributed by atoms with Gasteiger partial charge in [-0.05, 0) is 26.9 Å². The van der Waals surface area contributed by atoms with Crippen molar-refractivity contribution in [3.05, 3.63) is 0 Å². The van der Waals surface area contributed by atoms with Gasteiger partial charge in [0.25, 0.3) is 0 Å². The Morgan fingerprint density at radius 1 is 0.474 bits per heavy atom. The molecule has 10 heteroatoms. The normalized spacial score (nSPS) is 13.2. The van der Waals surface area contributed by atoms with Crippen LogP contribution in [0.15, 0.2) is 0 Å². The van der Waals surface area contributed by atoms with Crippen molar-refractivity contribution in [3.8, 4) is 0 Å². The number of nitrogens with zero attached hydrogens (tertiary/aromatic N) is 1. The van der Waals surface area contributed by atoms with Crippen molar-refractivity contribution >= 4 is 19.8 Å². The molecule has 0 aromatic carbocycles. The monoisotopic (exact) mass is 832 g/mol. The van der Waals surface area contributed by atoms with Crippen LogP contribution >= 0.6 is 7.82 Å². The third-order valence-electron chi connectivity index (χ3n) is 10.9. The Balaban J connectivity index is 4.17. The maximum atomic E-state index is 12.7. The topological polar surface area (TPSA) is 112 Å². The standard InChI is InChI=1S/C47H94NO8P/c1-5-7-9-11-13-15-17-19-21-23-25-27-29-31-33-35-37-39-46(49)53-43-45(44-55-57(51,52)54-42-41-48(3)4)56-47(50)40-38-36-34-32-30-28-26-24-22-20-18-16-14-12-10-8-6-2/h45H,5-44H2,1-4H3,(H,51,52)/t45-/m1/s1. The molecule has 1 unspecified atom stereocenters. The van der Waals surface area contributed by atoms with Gasteiger partial charge >= 0.3 is 19.8 Å². The number of carbonyl (C=O) groups excluding carboxylic acids is 2. The second kappa shape index (κ2) is 43.1. The summed E-state index contributed by atoms with van der Waals surface area (Å²) in [6, 6.07) is 0. The number of phosphoric acid groups is 1. The molecule has 0 saturated carbocycles. The average molecular weight is 832 g/mol. The van der Waals surface area contributed by atoms with Crippen molar-refractivity contribution in [1.29, 1.82) is 0 Å². The molecule has 0 aliphatic rings. The molecule has 0 aliphatic carbocycles. The molecule has 0 spiro atoms. The molecule has 0 aliphatic heterocycles. The Morgan fingerprint density at radius 3 is 1.12 bits per heavy atom. The highest BCUT2D eigenvalue weighted by Gasteiger charge is 2.26. The molecular weight excluding hydrogens is 737 g/mol. The Morgan fingerprint density at radius 2 is 0.789 bits per heavy atom. The lowest BCUT2D eigenvalue weighted by molar-refractivity contribution is -0.161. The highest BCUT2D eigenvalue weighted by atomic mass is 31.2. The van der Waals surface area contributed by atoms with Crippen LogP contribution in [0.2, 0.25) is 0 Å². The maximum Gasteiger partial charge on any atom is 0.472 e. The van der Waals surface area contributed by atoms with Gasteiger partial charge in [0.15, 0.2) is 6.10 Å². The van der Waals surface area contributed by atoms with Crippen molar-refractivity contribution < 1.29 is 37.6 Å². The number of carbonyl (C=O) groups is 2. The predicted molar refractivity (Wildman–Crippen MR) is 239 cm³/mol. The minimum atomic E-state index is -4.36. The van der Waals surface area contributed by atoms with Gasteiger partial charge < -0.3 is 19.3 Å². The van der Waals surface area contributed by atoms with Crippen molar-refractivity contribution in [2.45, 2.75) is 251 Å². The van der Waals surface area contributed by atoms with E-state index in [1.165, 1.54) is 180 Å². The molecule has 0 heterocycles. The van der Waals surface area contributed by atoms with E-state index < -0.39 is 26.5 Å². The van der Waals surface area contributed by atoms with Gasteiger partial charge in [-0.3, -0.25) is 18.6 Å². The number of phosphoric ester groups is 1. The number of likely N-dealkylation sites (N-methyl/N-ethyl adjacent to an activating group) is 1. The molecule has 9 nitrogen and oxygen atoms in total. The van der Waals surface area contributed by atoms with Gasteiger partial charge in [-0.2, -0.15) is 0 Å². The van der Waals surface area contributed by atoms with Gasteiger partial charge in [0.1, 0.15) is 6.61 Å². The summed E-state index contributed by atoms with van der Waals surface area (Å²) in [5, 5.41) is 0. The molecule has 0 aromatic heterocycles. The fourth-order valence-electron chi connectivity index (χ4n) is 7.16. The zero-order chi connectivity index (χ0) is 41.9. The number of unbranched alkanes of at least 4 members (excludes halogenated alkanes) is 32. The quantitative estimate of drug-likeness (QED) is 0.0364. The molecule has 0 bridgehead atoms. The van der Waals surface area contributed by atoms with Crippen LogP contribution in [-0.2, 0) is 32.7 Å². The number of esters is 2. The Bertz CT molecular complexity index is 920. The molecule has 2 atom stereocenters. The van der Waals surface area contributed by atoms with Gasteiger partial charge in [-0.15, -0.1) is 0 Å². The van der Waals surface area contributed by atoms with E-state index in [2.05, 4.69) is 13.8 Å². The third kappa shape index (κ3) is 44.4. The number of rotatable bonds is 46. The summed E-state index contributed by atoms with van der Waals surface area (Å²) in [5.41, 5.74) is 0. The minimum absolute atomic E-state index is 0.0128. The average Bonchev–Trinajstić information content (AvgIpc) is 3.18. The first kappa shape index (κ1) is 56.0. The zero-order valence-electron chi connectivity index (χ0n) is 38.1. The van der Waals surface area contributed by atoms with Gasteiger partial charge in [0.05, 0.1) is 13.2 Å². The molecule has 0 radical (unpaired) electrons. The van der Waals surface area contributed by atoms with Crippen LogP contribution in [0.5, 0.6) is 0 Å². The first-order valence-corrected chi connectivity index (χ1v) is 25.8. The van der Waals surface area contributed by atoms with Crippen molar-refractivity contribution in [3.63, 3.8) is 0 Å².